The molecule has 0 aliphatic heterocycles. The van der Waals surface area contributed by atoms with Crippen LogP contribution in [0.1, 0.15) is 41.7 Å². The summed E-state index contributed by atoms with van der Waals surface area (Å²) < 4.78 is 18.3. The summed E-state index contributed by atoms with van der Waals surface area (Å²) >= 11 is 0. The molecule has 1 unspecified atom stereocenters. The maximum atomic E-state index is 12.8. The normalized spacial score (nSPS) is 15.4. The summed E-state index contributed by atoms with van der Waals surface area (Å²) in [6.45, 7) is 2.17. The molecule has 1 fully saturated rings. The Morgan fingerprint density at radius 2 is 2.18 bits per heavy atom. The quantitative estimate of drug-likeness (QED) is 0.862. The number of ether oxygens (including phenoxy) is 1. The first-order valence-electron chi connectivity index (χ1n) is 7.36. The predicted octanol–water partition coefficient (Wildman–Crippen LogP) is 2.62. The summed E-state index contributed by atoms with van der Waals surface area (Å²) in [7, 11) is 0. The highest BCUT2D eigenvalue weighted by molar-refractivity contribution is 5.95. The smallest absolute Gasteiger partial charge is 0.255 e. The Kier molecular flexibility index (Phi) is 4.09. The minimum Gasteiger partial charge on any atom is -0.491 e. The van der Waals surface area contributed by atoms with Crippen LogP contribution in [0.15, 0.2) is 30.5 Å². The van der Waals surface area contributed by atoms with E-state index in [9.17, 15) is 9.18 Å². The van der Waals surface area contributed by atoms with Crippen molar-refractivity contribution >= 4 is 5.91 Å². The topological polar surface area (TPSA) is 67.0 Å². The van der Waals surface area contributed by atoms with Crippen molar-refractivity contribution in [3.05, 3.63) is 47.5 Å². The second-order valence-electron chi connectivity index (χ2n) is 5.61. The second-order valence-corrected chi connectivity index (χ2v) is 5.61. The van der Waals surface area contributed by atoms with Crippen LogP contribution in [0.3, 0.4) is 0 Å². The highest BCUT2D eigenvalue weighted by Crippen LogP contribution is 2.40. The van der Waals surface area contributed by atoms with E-state index in [-0.39, 0.29) is 17.8 Å². The van der Waals surface area contributed by atoms with Crippen LogP contribution in [0.25, 0.3) is 0 Å². The fourth-order valence-corrected chi connectivity index (χ4v) is 2.26. The number of amides is 1. The van der Waals surface area contributed by atoms with Crippen molar-refractivity contribution in [2.24, 2.45) is 0 Å². The van der Waals surface area contributed by atoms with Crippen LogP contribution in [0.2, 0.25) is 0 Å². The Balaban J connectivity index is 1.52. The molecule has 0 saturated heterocycles. The molecule has 0 spiro atoms. The second kappa shape index (κ2) is 6.17. The molecular formula is C16H18FN3O2. The number of carbonyl (C=O) groups excluding carboxylic acids is 1. The first kappa shape index (κ1) is 14.6. The maximum Gasteiger partial charge on any atom is 0.255 e. The standard InChI is InChI=1S/C16H18FN3O2/c1-10(9-22-13-6-4-12(17)5-7-13)19-16(21)14-8-18-20-15(14)11-2-3-11/h4-8,10-11H,2-3,9H2,1H3,(H,18,20)(H,19,21). The molecule has 0 radical (unpaired) electrons. The Morgan fingerprint density at radius 1 is 1.45 bits per heavy atom. The van der Waals surface area contributed by atoms with Gasteiger partial charge in [-0.15, -0.1) is 0 Å². The van der Waals surface area contributed by atoms with E-state index in [4.69, 9.17) is 4.74 Å². The van der Waals surface area contributed by atoms with Crippen molar-refractivity contribution in [2.45, 2.75) is 31.7 Å². The van der Waals surface area contributed by atoms with Crippen LogP contribution < -0.4 is 10.1 Å². The number of hydrogen-bond acceptors (Lipinski definition) is 3. The number of halogens is 1. The lowest BCUT2D eigenvalue weighted by molar-refractivity contribution is 0.0925. The number of aromatic nitrogens is 2. The third kappa shape index (κ3) is 3.44. The highest BCUT2D eigenvalue weighted by Gasteiger charge is 2.30. The van der Waals surface area contributed by atoms with Crippen molar-refractivity contribution in [1.29, 1.82) is 0 Å². The van der Waals surface area contributed by atoms with Crippen molar-refractivity contribution in [2.75, 3.05) is 6.61 Å². The van der Waals surface area contributed by atoms with Gasteiger partial charge < -0.3 is 10.1 Å². The number of aromatic amines is 1. The van der Waals surface area contributed by atoms with Gasteiger partial charge >= 0.3 is 0 Å². The lowest BCUT2D eigenvalue weighted by Crippen LogP contribution is -2.37. The molecule has 1 saturated carbocycles. The maximum absolute atomic E-state index is 12.8. The molecule has 2 aromatic rings. The van der Waals surface area contributed by atoms with E-state index in [0.717, 1.165) is 18.5 Å². The van der Waals surface area contributed by atoms with Crippen LogP contribution in [-0.4, -0.2) is 28.8 Å². The Labute approximate surface area is 127 Å². The molecule has 5 nitrogen and oxygen atoms in total. The summed E-state index contributed by atoms with van der Waals surface area (Å²) in [5.74, 6) is 0.561. The number of hydrogen-bond donors (Lipinski definition) is 2. The fraction of sp³-hybridized carbons (Fsp3) is 0.375. The molecule has 116 valence electrons. The molecule has 22 heavy (non-hydrogen) atoms. The first-order chi connectivity index (χ1) is 10.6. The van der Waals surface area contributed by atoms with E-state index in [1.54, 1.807) is 18.3 Å². The zero-order chi connectivity index (χ0) is 15.5. The third-order valence-corrected chi connectivity index (χ3v) is 3.59. The van der Waals surface area contributed by atoms with E-state index >= 15 is 0 Å². The van der Waals surface area contributed by atoms with Crippen molar-refractivity contribution in [1.82, 2.24) is 15.5 Å². The lowest BCUT2D eigenvalue weighted by atomic mass is 10.1. The van der Waals surface area contributed by atoms with Gasteiger partial charge in [0.15, 0.2) is 0 Å². The van der Waals surface area contributed by atoms with Gasteiger partial charge in [-0.3, -0.25) is 9.89 Å². The zero-order valence-electron chi connectivity index (χ0n) is 12.3. The largest absolute Gasteiger partial charge is 0.491 e. The van der Waals surface area contributed by atoms with Gasteiger partial charge in [0.25, 0.3) is 5.91 Å². The van der Waals surface area contributed by atoms with Gasteiger partial charge in [0.2, 0.25) is 0 Å². The fourth-order valence-electron chi connectivity index (χ4n) is 2.26. The van der Waals surface area contributed by atoms with Gasteiger partial charge in [-0.1, -0.05) is 0 Å². The number of carbonyl (C=O) groups is 1. The number of nitrogens with zero attached hydrogens (tertiary/aromatic N) is 1. The van der Waals surface area contributed by atoms with E-state index in [2.05, 4.69) is 15.5 Å². The van der Waals surface area contributed by atoms with E-state index < -0.39 is 0 Å². The molecule has 1 aliphatic rings. The van der Waals surface area contributed by atoms with Gasteiger partial charge in [-0.2, -0.15) is 5.10 Å². The van der Waals surface area contributed by atoms with Crippen LogP contribution in [0.4, 0.5) is 4.39 Å². The first-order valence-corrected chi connectivity index (χ1v) is 7.36. The summed E-state index contributed by atoms with van der Waals surface area (Å²) in [5, 5.41) is 9.76. The summed E-state index contributed by atoms with van der Waals surface area (Å²) in [5.41, 5.74) is 1.53. The van der Waals surface area contributed by atoms with E-state index in [1.165, 1.54) is 12.1 Å². The van der Waals surface area contributed by atoms with Gasteiger partial charge in [0, 0.05) is 5.92 Å². The number of rotatable bonds is 6. The molecular weight excluding hydrogens is 285 g/mol. The zero-order valence-corrected chi connectivity index (χ0v) is 12.3. The van der Waals surface area contributed by atoms with Crippen molar-refractivity contribution in [3.63, 3.8) is 0 Å². The summed E-state index contributed by atoms with van der Waals surface area (Å²) in [6, 6.07) is 5.63. The Bertz CT molecular complexity index is 650. The average Bonchev–Trinajstić information content (AvgIpc) is 3.23. The minimum atomic E-state index is -0.304. The summed E-state index contributed by atoms with van der Waals surface area (Å²) in [4.78, 5) is 12.2. The van der Waals surface area contributed by atoms with E-state index in [1.807, 2.05) is 6.92 Å². The van der Waals surface area contributed by atoms with Crippen LogP contribution in [-0.2, 0) is 0 Å². The lowest BCUT2D eigenvalue weighted by Gasteiger charge is -2.15. The average molecular weight is 303 g/mol. The third-order valence-electron chi connectivity index (χ3n) is 3.59. The van der Waals surface area contributed by atoms with Crippen molar-refractivity contribution < 1.29 is 13.9 Å². The van der Waals surface area contributed by atoms with Gasteiger partial charge in [0.05, 0.1) is 23.5 Å². The Morgan fingerprint density at radius 3 is 2.86 bits per heavy atom. The van der Waals surface area contributed by atoms with Gasteiger partial charge in [-0.05, 0) is 44.0 Å². The molecule has 2 N–H and O–H groups in total. The molecule has 1 heterocycles. The van der Waals surface area contributed by atoms with Crippen molar-refractivity contribution in [3.8, 4) is 5.75 Å². The molecule has 1 aliphatic carbocycles. The predicted molar refractivity (Wildman–Crippen MR) is 79.4 cm³/mol. The van der Waals surface area contributed by atoms with Crippen LogP contribution >= 0.6 is 0 Å². The highest BCUT2D eigenvalue weighted by atomic mass is 19.1. The summed E-state index contributed by atoms with van der Waals surface area (Å²) in [6.07, 6.45) is 3.77. The molecule has 1 atom stereocenters. The molecule has 6 heteroatoms. The molecule has 1 aromatic heterocycles. The Hall–Kier alpha value is -2.37. The minimum absolute atomic E-state index is 0.147. The number of nitrogens with one attached hydrogen (secondary N) is 2. The van der Waals surface area contributed by atoms with Gasteiger partial charge in [-0.25, -0.2) is 4.39 Å². The monoisotopic (exact) mass is 303 g/mol. The molecule has 1 amide bonds. The van der Waals surface area contributed by atoms with Crippen LogP contribution in [0.5, 0.6) is 5.75 Å². The molecule has 0 bridgehead atoms. The molecule has 3 rings (SSSR count). The molecule has 1 aromatic carbocycles. The van der Waals surface area contributed by atoms with E-state index in [0.29, 0.717) is 23.8 Å². The van der Waals surface area contributed by atoms with Gasteiger partial charge in [0.1, 0.15) is 18.2 Å². The number of benzene rings is 1. The SMILES string of the molecule is CC(COc1ccc(F)cc1)NC(=O)c1cn[nH]c1C1CC1. The number of H-pyrrole nitrogens is 1. The van der Waals surface area contributed by atoms with Crippen LogP contribution in [0, 0.1) is 5.82 Å².